The van der Waals surface area contributed by atoms with Gasteiger partial charge in [-0.15, -0.1) is 0 Å². The Labute approximate surface area is 137 Å². The van der Waals surface area contributed by atoms with Crippen molar-refractivity contribution in [3.63, 3.8) is 0 Å². The summed E-state index contributed by atoms with van der Waals surface area (Å²) in [6.07, 6.45) is 2.43. The van der Waals surface area contributed by atoms with Crippen LogP contribution in [-0.2, 0) is 9.59 Å². The summed E-state index contributed by atoms with van der Waals surface area (Å²) in [6, 6.07) is 7.44. The number of likely N-dealkylation sites (tertiary alicyclic amines) is 1. The molecule has 2 amide bonds. The number of rotatable bonds is 3. The summed E-state index contributed by atoms with van der Waals surface area (Å²) < 4.78 is 5.22. The highest BCUT2D eigenvalue weighted by molar-refractivity contribution is 6.00. The van der Waals surface area contributed by atoms with Crippen LogP contribution in [0, 0.1) is 11.8 Å². The van der Waals surface area contributed by atoms with Crippen LogP contribution >= 0.6 is 0 Å². The van der Waals surface area contributed by atoms with Gasteiger partial charge in [0.25, 0.3) is 0 Å². The summed E-state index contributed by atoms with van der Waals surface area (Å²) in [5.74, 6) is 1.34. The molecule has 0 aromatic heterocycles. The Morgan fingerprint density at radius 2 is 2.00 bits per heavy atom. The third-order valence-electron chi connectivity index (χ3n) is 4.93. The average molecular weight is 316 g/mol. The maximum absolute atomic E-state index is 12.7. The molecule has 0 N–H and O–H groups in total. The van der Waals surface area contributed by atoms with E-state index in [0.717, 1.165) is 37.4 Å². The normalized spacial score (nSPS) is 22.5. The molecule has 5 nitrogen and oxygen atoms in total. The summed E-state index contributed by atoms with van der Waals surface area (Å²) in [5.41, 5.74) is 0.803. The number of carbonyl (C=O) groups excluding carboxylic acids is 2. The number of nitrogens with zero attached hydrogens (tertiary/aromatic N) is 2. The van der Waals surface area contributed by atoms with Crippen molar-refractivity contribution in [1.29, 1.82) is 0 Å². The van der Waals surface area contributed by atoms with Gasteiger partial charge in [-0.2, -0.15) is 0 Å². The van der Waals surface area contributed by atoms with E-state index >= 15 is 0 Å². The van der Waals surface area contributed by atoms with Gasteiger partial charge >= 0.3 is 0 Å². The summed E-state index contributed by atoms with van der Waals surface area (Å²) in [6.45, 7) is 4.34. The van der Waals surface area contributed by atoms with Gasteiger partial charge in [0, 0.05) is 37.8 Å². The van der Waals surface area contributed by atoms with Gasteiger partial charge < -0.3 is 14.5 Å². The average Bonchev–Trinajstić information content (AvgIpc) is 2.97. The molecule has 0 saturated carbocycles. The molecule has 0 spiro atoms. The molecule has 0 aliphatic carbocycles. The van der Waals surface area contributed by atoms with E-state index in [4.69, 9.17) is 4.74 Å². The Morgan fingerprint density at radius 3 is 2.70 bits per heavy atom. The Balaban J connectivity index is 1.68. The molecular weight excluding hydrogens is 292 g/mol. The molecule has 1 aromatic carbocycles. The van der Waals surface area contributed by atoms with E-state index in [1.165, 1.54) is 0 Å². The van der Waals surface area contributed by atoms with Crippen LogP contribution in [0.2, 0.25) is 0 Å². The van der Waals surface area contributed by atoms with Crippen LogP contribution in [0.5, 0.6) is 5.75 Å². The second-order valence-electron chi connectivity index (χ2n) is 6.61. The lowest BCUT2D eigenvalue weighted by Gasteiger charge is -2.32. The van der Waals surface area contributed by atoms with E-state index in [-0.39, 0.29) is 17.7 Å². The van der Waals surface area contributed by atoms with E-state index in [2.05, 4.69) is 6.92 Å². The van der Waals surface area contributed by atoms with E-state index in [1.54, 1.807) is 12.0 Å². The fraction of sp³-hybridized carbons (Fsp3) is 0.556. The summed E-state index contributed by atoms with van der Waals surface area (Å²) in [7, 11) is 1.61. The molecule has 3 rings (SSSR count). The van der Waals surface area contributed by atoms with Crippen molar-refractivity contribution in [3.8, 4) is 5.75 Å². The number of benzene rings is 1. The number of anilines is 1. The second kappa shape index (κ2) is 6.60. The minimum absolute atomic E-state index is 0.0157. The first-order chi connectivity index (χ1) is 11.1. The Kier molecular flexibility index (Phi) is 4.55. The molecule has 124 valence electrons. The van der Waals surface area contributed by atoms with E-state index in [9.17, 15) is 9.59 Å². The van der Waals surface area contributed by atoms with E-state index in [1.807, 2.05) is 29.2 Å². The fourth-order valence-electron chi connectivity index (χ4n) is 3.39. The van der Waals surface area contributed by atoms with Crippen LogP contribution in [0.4, 0.5) is 5.69 Å². The zero-order valence-corrected chi connectivity index (χ0v) is 13.8. The molecule has 2 aliphatic heterocycles. The van der Waals surface area contributed by atoms with E-state index in [0.29, 0.717) is 18.9 Å². The molecule has 5 heteroatoms. The molecule has 0 bridgehead atoms. The van der Waals surface area contributed by atoms with Crippen LogP contribution in [0.15, 0.2) is 24.3 Å². The van der Waals surface area contributed by atoms with Gasteiger partial charge in [-0.05, 0) is 30.9 Å². The SMILES string of the molecule is COc1cccc(N2CC(C(=O)N3CCC(C)CC3)CC2=O)c1. The minimum atomic E-state index is -0.220. The minimum Gasteiger partial charge on any atom is -0.497 e. The standard InChI is InChI=1S/C18H24N2O3/c1-13-6-8-19(9-7-13)18(22)14-10-17(21)20(12-14)15-4-3-5-16(11-15)23-2/h3-5,11,13-14H,6-10,12H2,1-2H3. The predicted molar refractivity (Wildman–Crippen MR) is 88.4 cm³/mol. The van der Waals surface area contributed by atoms with Crippen molar-refractivity contribution in [3.05, 3.63) is 24.3 Å². The smallest absolute Gasteiger partial charge is 0.228 e. The first kappa shape index (κ1) is 15.8. The molecule has 23 heavy (non-hydrogen) atoms. The Hall–Kier alpha value is -2.04. The maximum Gasteiger partial charge on any atom is 0.228 e. The highest BCUT2D eigenvalue weighted by Crippen LogP contribution is 2.29. The van der Waals surface area contributed by atoms with Gasteiger partial charge in [0.1, 0.15) is 5.75 Å². The van der Waals surface area contributed by atoms with Crippen molar-refractivity contribution in [2.45, 2.75) is 26.2 Å². The van der Waals surface area contributed by atoms with Crippen LogP contribution < -0.4 is 9.64 Å². The molecule has 1 unspecified atom stereocenters. The van der Waals surface area contributed by atoms with Crippen LogP contribution in [-0.4, -0.2) is 43.5 Å². The van der Waals surface area contributed by atoms with Gasteiger partial charge in [0.05, 0.1) is 13.0 Å². The van der Waals surface area contributed by atoms with Crippen molar-refractivity contribution in [1.82, 2.24) is 4.90 Å². The van der Waals surface area contributed by atoms with Gasteiger partial charge in [-0.1, -0.05) is 13.0 Å². The fourth-order valence-corrected chi connectivity index (χ4v) is 3.39. The van der Waals surface area contributed by atoms with Crippen molar-refractivity contribution in [2.24, 2.45) is 11.8 Å². The summed E-state index contributed by atoms with van der Waals surface area (Å²) in [4.78, 5) is 28.7. The number of hydrogen-bond acceptors (Lipinski definition) is 3. The summed E-state index contributed by atoms with van der Waals surface area (Å²) >= 11 is 0. The third-order valence-corrected chi connectivity index (χ3v) is 4.93. The van der Waals surface area contributed by atoms with Gasteiger partial charge in [-0.25, -0.2) is 0 Å². The third kappa shape index (κ3) is 3.33. The Morgan fingerprint density at radius 1 is 1.26 bits per heavy atom. The first-order valence-corrected chi connectivity index (χ1v) is 8.31. The molecular formula is C18H24N2O3. The van der Waals surface area contributed by atoms with E-state index < -0.39 is 0 Å². The van der Waals surface area contributed by atoms with Crippen molar-refractivity contribution in [2.75, 3.05) is 31.6 Å². The highest BCUT2D eigenvalue weighted by Gasteiger charge is 2.37. The molecule has 2 saturated heterocycles. The molecule has 2 heterocycles. The lowest BCUT2D eigenvalue weighted by Crippen LogP contribution is -2.42. The molecule has 2 fully saturated rings. The first-order valence-electron chi connectivity index (χ1n) is 8.31. The highest BCUT2D eigenvalue weighted by atomic mass is 16.5. The molecule has 2 aliphatic rings. The Bertz CT molecular complexity index is 594. The number of carbonyl (C=O) groups is 2. The maximum atomic E-state index is 12.7. The lowest BCUT2D eigenvalue weighted by atomic mass is 9.97. The lowest BCUT2D eigenvalue weighted by molar-refractivity contribution is -0.137. The van der Waals surface area contributed by atoms with Crippen molar-refractivity contribution >= 4 is 17.5 Å². The van der Waals surface area contributed by atoms with Crippen LogP contribution in [0.3, 0.4) is 0 Å². The number of ether oxygens (including phenoxy) is 1. The predicted octanol–water partition coefficient (Wildman–Crippen LogP) is 2.31. The number of piperidine rings is 1. The second-order valence-corrected chi connectivity index (χ2v) is 6.61. The number of amides is 2. The number of hydrogen-bond donors (Lipinski definition) is 0. The van der Waals surface area contributed by atoms with Gasteiger partial charge in [-0.3, -0.25) is 9.59 Å². The van der Waals surface area contributed by atoms with Gasteiger partial charge in [0.15, 0.2) is 0 Å². The van der Waals surface area contributed by atoms with Crippen molar-refractivity contribution < 1.29 is 14.3 Å². The quantitative estimate of drug-likeness (QED) is 0.860. The monoisotopic (exact) mass is 316 g/mol. The largest absolute Gasteiger partial charge is 0.497 e. The number of methoxy groups -OCH3 is 1. The van der Waals surface area contributed by atoms with Gasteiger partial charge in [0.2, 0.25) is 11.8 Å². The molecule has 1 aromatic rings. The topological polar surface area (TPSA) is 49.9 Å². The summed E-state index contributed by atoms with van der Waals surface area (Å²) in [5, 5.41) is 0. The van der Waals surface area contributed by atoms with Crippen LogP contribution in [0.25, 0.3) is 0 Å². The van der Waals surface area contributed by atoms with Crippen LogP contribution in [0.1, 0.15) is 26.2 Å². The molecule has 0 radical (unpaired) electrons. The zero-order chi connectivity index (χ0) is 16.4. The molecule has 1 atom stereocenters. The zero-order valence-electron chi connectivity index (χ0n) is 13.8.